The highest BCUT2D eigenvalue weighted by atomic mass is 28.3. The zero-order valence-electron chi connectivity index (χ0n) is 23.1. The zero-order valence-corrected chi connectivity index (χ0v) is 24.1. The van der Waals surface area contributed by atoms with Gasteiger partial charge < -0.3 is 14.4 Å². The monoisotopic (exact) mass is 541 g/mol. The number of aromatic nitrogens is 6. The average Bonchev–Trinajstić information content (AvgIpc) is 3.69. The fraction of sp³-hybridized carbons (Fsp3) is 0.448. The Kier molecular flexibility index (Phi) is 6.97. The van der Waals surface area contributed by atoms with E-state index in [0.717, 1.165) is 67.1 Å². The Morgan fingerprint density at radius 2 is 1.79 bits per heavy atom. The quantitative estimate of drug-likeness (QED) is 0.199. The first-order chi connectivity index (χ1) is 18.8. The zero-order chi connectivity index (χ0) is 27.0. The minimum atomic E-state index is -1.17. The second-order valence-corrected chi connectivity index (χ2v) is 17.3. The highest BCUT2D eigenvalue weighted by Gasteiger charge is 2.38. The van der Waals surface area contributed by atoms with Crippen LogP contribution in [-0.4, -0.2) is 70.3 Å². The van der Waals surface area contributed by atoms with Crippen LogP contribution in [0.3, 0.4) is 0 Å². The summed E-state index contributed by atoms with van der Waals surface area (Å²) in [5.41, 5.74) is 2.68. The molecular formula is C29H35N7O2Si. The number of nitrogens with zero attached hydrogens (tertiary/aromatic N) is 7. The summed E-state index contributed by atoms with van der Waals surface area (Å²) in [5, 5.41) is 5.41. The number of hydrogen-bond acceptors (Lipinski definition) is 7. The molecule has 0 spiro atoms. The maximum atomic E-state index is 6.05. The van der Waals surface area contributed by atoms with Gasteiger partial charge in [-0.05, 0) is 17.9 Å². The molecule has 0 aliphatic carbocycles. The SMILES string of the molecule is Cn1ncc2c(N3C[C@H]4COC[C@H]4C3)nc(C#Cc3nc(-c4ccccc4)cn3COCC[Si](C)(C)C)nc21. The van der Waals surface area contributed by atoms with Gasteiger partial charge >= 0.3 is 0 Å². The van der Waals surface area contributed by atoms with E-state index in [2.05, 4.69) is 53.6 Å². The summed E-state index contributed by atoms with van der Waals surface area (Å²) in [6.07, 6.45) is 3.86. The van der Waals surface area contributed by atoms with Crippen LogP contribution in [0.25, 0.3) is 22.3 Å². The highest BCUT2D eigenvalue weighted by molar-refractivity contribution is 6.76. The Morgan fingerprint density at radius 1 is 1.03 bits per heavy atom. The van der Waals surface area contributed by atoms with Gasteiger partial charge in [0.25, 0.3) is 0 Å². The van der Waals surface area contributed by atoms with Crippen molar-refractivity contribution in [1.29, 1.82) is 0 Å². The van der Waals surface area contributed by atoms with Gasteiger partial charge in [0.05, 0.1) is 30.5 Å². The average molecular weight is 542 g/mol. The van der Waals surface area contributed by atoms with Crippen LogP contribution in [0.15, 0.2) is 42.7 Å². The molecule has 202 valence electrons. The summed E-state index contributed by atoms with van der Waals surface area (Å²) >= 11 is 0. The van der Waals surface area contributed by atoms with E-state index in [9.17, 15) is 0 Å². The summed E-state index contributed by atoms with van der Waals surface area (Å²) in [6.45, 7) is 11.7. The lowest BCUT2D eigenvalue weighted by Crippen LogP contribution is -2.24. The molecule has 2 aliphatic heterocycles. The van der Waals surface area contributed by atoms with Crippen LogP contribution in [0.5, 0.6) is 0 Å². The van der Waals surface area contributed by atoms with Gasteiger partial charge in [-0.25, -0.2) is 15.0 Å². The third-order valence-electron chi connectivity index (χ3n) is 7.47. The summed E-state index contributed by atoms with van der Waals surface area (Å²) in [7, 11) is 0.728. The Bertz CT molecular complexity index is 1520. The molecule has 2 aliphatic rings. The molecule has 0 bridgehead atoms. The number of rotatable bonds is 7. The van der Waals surface area contributed by atoms with E-state index in [1.54, 1.807) is 4.68 Å². The second-order valence-electron chi connectivity index (χ2n) is 11.7. The summed E-state index contributed by atoms with van der Waals surface area (Å²) in [6, 6.07) is 11.3. The number of imidazole rings is 1. The van der Waals surface area contributed by atoms with Gasteiger partial charge in [-0.15, -0.1) is 0 Å². The maximum Gasteiger partial charge on any atom is 0.209 e. The molecule has 0 saturated carbocycles. The van der Waals surface area contributed by atoms with Crippen LogP contribution in [0.4, 0.5) is 5.82 Å². The molecule has 2 fully saturated rings. The smallest absolute Gasteiger partial charge is 0.209 e. The van der Waals surface area contributed by atoms with E-state index in [1.807, 2.05) is 42.2 Å². The molecule has 0 radical (unpaired) electrons. The predicted octanol–water partition coefficient (Wildman–Crippen LogP) is 4.02. The largest absolute Gasteiger partial charge is 0.381 e. The van der Waals surface area contributed by atoms with E-state index in [1.165, 1.54) is 0 Å². The first-order valence-corrected chi connectivity index (χ1v) is 17.3. The van der Waals surface area contributed by atoms with E-state index >= 15 is 0 Å². The van der Waals surface area contributed by atoms with E-state index in [-0.39, 0.29) is 0 Å². The maximum absolute atomic E-state index is 6.05. The number of hydrogen-bond donors (Lipinski definition) is 0. The van der Waals surface area contributed by atoms with Gasteiger partial charge in [-0.3, -0.25) is 9.25 Å². The van der Waals surface area contributed by atoms with Crippen LogP contribution in [0.1, 0.15) is 11.6 Å². The Morgan fingerprint density at radius 3 is 2.54 bits per heavy atom. The fourth-order valence-electron chi connectivity index (χ4n) is 5.18. The standard InChI is InChI=1S/C29H35N7O2Si/c1-34-28-24(14-30-34)29(35-15-22-18-38-19-23(22)16-35)33-26(32-28)10-11-27-31-25(21-8-6-5-7-9-21)17-36(27)20-37-12-13-39(2,3)4/h5-9,14,17,22-23H,12-13,15-16,18-20H2,1-4H3/t22-,23+. The molecule has 6 rings (SSSR count). The Balaban J connectivity index is 1.32. The highest BCUT2D eigenvalue weighted by Crippen LogP contribution is 2.34. The van der Waals surface area contributed by atoms with Gasteiger partial charge in [0, 0.05) is 58.4 Å². The summed E-state index contributed by atoms with van der Waals surface area (Å²) in [4.78, 5) is 16.9. The normalized spacial score (nSPS) is 18.9. The van der Waals surface area contributed by atoms with Crippen LogP contribution in [0, 0.1) is 23.7 Å². The number of aryl methyl sites for hydroxylation is 1. The molecule has 10 heteroatoms. The van der Waals surface area contributed by atoms with Crippen LogP contribution >= 0.6 is 0 Å². The minimum absolute atomic E-state index is 0.403. The molecule has 4 aromatic rings. The van der Waals surface area contributed by atoms with Crippen molar-refractivity contribution in [3.8, 4) is 23.1 Å². The topological polar surface area (TPSA) is 83.1 Å². The molecule has 3 aromatic heterocycles. The first-order valence-electron chi connectivity index (χ1n) is 13.6. The third kappa shape index (κ3) is 5.61. The lowest BCUT2D eigenvalue weighted by Gasteiger charge is -2.19. The number of benzene rings is 1. The third-order valence-corrected chi connectivity index (χ3v) is 9.17. The molecule has 5 heterocycles. The number of anilines is 1. The lowest BCUT2D eigenvalue weighted by atomic mass is 10.0. The first kappa shape index (κ1) is 25.7. The van der Waals surface area contributed by atoms with Crippen LogP contribution in [0.2, 0.25) is 25.7 Å². The van der Waals surface area contributed by atoms with Crippen molar-refractivity contribution in [3.63, 3.8) is 0 Å². The van der Waals surface area contributed by atoms with Crippen molar-refractivity contribution in [3.05, 3.63) is 54.4 Å². The lowest BCUT2D eigenvalue weighted by molar-refractivity contribution is 0.0866. The molecular weight excluding hydrogens is 506 g/mol. The fourth-order valence-corrected chi connectivity index (χ4v) is 5.94. The van der Waals surface area contributed by atoms with Crippen molar-refractivity contribution in [2.45, 2.75) is 32.4 Å². The molecule has 39 heavy (non-hydrogen) atoms. The van der Waals surface area contributed by atoms with Crippen LogP contribution < -0.4 is 4.90 Å². The summed E-state index contributed by atoms with van der Waals surface area (Å²) in [5.74, 6) is 9.54. The Labute approximate surface area is 230 Å². The summed E-state index contributed by atoms with van der Waals surface area (Å²) < 4.78 is 15.5. The van der Waals surface area contributed by atoms with Crippen molar-refractivity contribution >= 4 is 24.9 Å². The Hall–Kier alpha value is -3.52. The molecule has 0 unspecified atom stereocenters. The van der Waals surface area contributed by atoms with Gasteiger partial charge in [0.2, 0.25) is 5.82 Å². The van der Waals surface area contributed by atoms with Crippen molar-refractivity contribution in [2.24, 2.45) is 18.9 Å². The van der Waals surface area contributed by atoms with E-state index in [0.29, 0.717) is 30.2 Å². The number of fused-ring (bicyclic) bond motifs is 2. The van der Waals surface area contributed by atoms with E-state index in [4.69, 9.17) is 24.4 Å². The van der Waals surface area contributed by atoms with Crippen molar-refractivity contribution in [2.75, 3.05) is 37.8 Å². The van der Waals surface area contributed by atoms with Crippen LogP contribution in [-0.2, 0) is 23.3 Å². The van der Waals surface area contributed by atoms with Gasteiger partial charge in [0.15, 0.2) is 11.5 Å². The number of ether oxygens (including phenoxy) is 2. The minimum Gasteiger partial charge on any atom is -0.381 e. The van der Waals surface area contributed by atoms with E-state index < -0.39 is 8.07 Å². The molecule has 0 N–H and O–H groups in total. The van der Waals surface area contributed by atoms with Gasteiger partial charge in [-0.1, -0.05) is 50.0 Å². The molecule has 9 nitrogen and oxygen atoms in total. The molecule has 2 atom stereocenters. The predicted molar refractivity (Wildman–Crippen MR) is 154 cm³/mol. The second kappa shape index (κ2) is 10.6. The van der Waals surface area contributed by atoms with Gasteiger partial charge in [-0.2, -0.15) is 5.10 Å². The van der Waals surface area contributed by atoms with Crippen molar-refractivity contribution < 1.29 is 9.47 Å². The molecule has 0 amide bonds. The molecule has 2 saturated heterocycles. The molecule has 1 aromatic carbocycles. The van der Waals surface area contributed by atoms with Crippen molar-refractivity contribution in [1.82, 2.24) is 29.3 Å². The van der Waals surface area contributed by atoms with Gasteiger partial charge in [0.1, 0.15) is 12.5 Å².